The third-order valence-electron chi connectivity index (χ3n) is 6.90. The summed E-state index contributed by atoms with van der Waals surface area (Å²) in [5.41, 5.74) is 3.11. The van der Waals surface area contributed by atoms with Crippen LogP contribution in [-0.4, -0.2) is 53.8 Å². The van der Waals surface area contributed by atoms with Crippen LogP contribution < -0.4 is 23.7 Å². The molecule has 5 rings (SSSR count). The van der Waals surface area contributed by atoms with Crippen molar-refractivity contribution in [2.45, 2.75) is 5.92 Å². The number of carbonyl (C=O) groups is 2. The third-order valence-corrected chi connectivity index (χ3v) is 6.90. The first kappa shape index (κ1) is 26.0. The topological polar surface area (TPSA) is 98.8 Å². The predicted molar refractivity (Wildman–Crippen MR) is 141 cm³/mol. The molecule has 0 aromatic heterocycles. The minimum Gasteiger partial charge on any atom is -0.493 e. The maximum Gasteiger partial charge on any atom is 0.338 e. The average Bonchev–Trinajstić information content (AvgIpc) is 3.44. The second kappa shape index (κ2) is 11.0. The minimum absolute atomic E-state index is 0.0934. The van der Waals surface area contributed by atoms with Crippen molar-refractivity contribution in [1.29, 1.82) is 0 Å². The van der Waals surface area contributed by atoms with Gasteiger partial charge in [0.15, 0.2) is 23.0 Å². The molecule has 0 radical (unpaired) electrons. The van der Waals surface area contributed by atoms with Gasteiger partial charge in [-0.05, 0) is 59.2 Å². The van der Waals surface area contributed by atoms with Crippen LogP contribution in [0.4, 0.5) is 0 Å². The van der Waals surface area contributed by atoms with Crippen molar-refractivity contribution in [1.82, 2.24) is 0 Å². The van der Waals surface area contributed by atoms with Gasteiger partial charge in [0.1, 0.15) is 0 Å². The molecule has 0 amide bonds. The van der Waals surface area contributed by atoms with E-state index in [1.54, 1.807) is 30.3 Å². The molecule has 0 saturated carbocycles. The Labute approximate surface area is 225 Å². The molecule has 1 aliphatic carbocycles. The zero-order valence-electron chi connectivity index (χ0n) is 22.0. The van der Waals surface area contributed by atoms with Gasteiger partial charge < -0.3 is 33.2 Å². The van der Waals surface area contributed by atoms with Crippen molar-refractivity contribution in [3.63, 3.8) is 0 Å². The fourth-order valence-electron chi connectivity index (χ4n) is 5.07. The highest BCUT2D eigenvalue weighted by atomic mass is 16.7. The quantitative estimate of drug-likeness (QED) is 0.385. The first-order valence-corrected chi connectivity index (χ1v) is 12.2. The van der Waals surface area contributed by atoms with E-state index in [-0.39, 0.29) is 13.4 Å². The number of hydrogen-bond donors (Lipinski definition) is 0. The lowest BCUT2D eigenvalue weighted by Crippen LogP contribution is -2.30. The number of ether oxygens (including phenoxy) is 7. The molecule has 2 aliphatic rings. The van der Waals surface area contributed by atoms with Crippen molar-refractivity contribution < 1.29 is 42.7 Å². The molecule has 0 fully saturated rings. The van der Waals surface area contributed by atoms with E-state index in [0.29, 0.717) is 39.9 Å². The molecule has 0 N–H and O–H groups in total. The van der Waals surface area contributed by atoms with Crippen molar-refractivity contribution in [2.75, 3.05) is 41.8 Å². The first-order valence-electron chi connectivity index (χ1n) is 12.2. The molecule has 9 heteroatoms. The Morgan fingerprint density at radius 3 is 2.13 bits per heavy atom. The number of esters is 2. The second-order valence-corrected chi connectivity index (χ2v) is 8.93. The van der Waals surface area contributed by atoms with E-state index >= 15 is 0 Å². The molecule has 202 valence electrons. The normalized spacial score (nSPS) is 17.0. The molecule has 1 heterocycles. The van der Waals surface area contributed by atoms with Crippen LogP contribution >= 0.6 is 0 Å². The molecule has 0 spiro atoms. The summed E-state index contributed by atoms with van der Waals surface area (Å²) >= 11 is 0. The summed E-state index contributed by atoms with van der Waals surface area (Å²) in [5.74, 6) is 0.365. The fraction of sp³-hybridized carbons (Fsp3) is 0.267. The summed E-state index contributed by atoms with van der Waals surface area (Å²) < 4.78 is 39.0. The van der Waals surface area contributed by atoms with E-state index in [1.165, 1.54) is 28.4 Å². The highest BCUT2D eigenvalue weighted by molar-refractivity contribution is 5.96. The van der Waals surface area contributed by atoms with Crippen LogP contribution in [0.3, 0.4) is 0 Å². The Bertz CT molecular complexity index is 1400. The molecule has 9 nitrogen and oxygen atoms in total. The summed E-state index contributed by atoms with van der Waals surface area (Å²) in [4.78, 5) is 26.0. The Morgan fingerprint density at radius 1 is 0.846 bits per heavy atom. The highest BCUT2D eigenvalue weighted by Crippen LogP contribution is 2.50. The number of fused-ring (bicyclic) bond motifs is 2. The van der Waals surface area contributed by atoms with Gasteiger partial charge in [-0.25, -0.2) is 9.59 Å². The number of carbonyl (C=O) groups excluding carboxylic acids is 2. The van der Waals surface area contributed by atoms with E-state index in [1.807, 2.05) is 30.3 Å². The molecular formula is C30H28O9. The van der Waals surface area contributed by atoms with Crippen molar-refractivity contribution in [3.8, 4) is 28.7 Å². The Balaban J connectivity index is 1.66. The largest absolute Gasteiger partial charge is 0.493 e. The van der Waals surface area contributed by atoms with Gasteiger partial charge >= 0.3 is 11.9 Å². The molecule has 3 aromatic rings. The molecule has 0 bridgehead atoms. The SMILES string of the molecule is COC(=O)C1=Cc2cc3c(cc2[C@H](c2cc(OC)c(OC)c(OC)c2)[C@H]1COC(=O)c1ccccc1)OCO3. The highest BCUT2D eigenvalue weighted by Gasteiger charge is 2.39. The smallest absolute Gasteiger partial charge is 0.338 e. The second-order valence-electron chi connectivity index (χ2n) is 8.93. The summed E-state index contributed by atoms with van der Waals surface area (Å²) in [5, 5.41) is 0. The van der Waals surface area contributed by atoms with E-state index in [0.717, 1.165) is 16.7 Å². The van der Waals surface area contributed by atoms with E-state index in [9.17, 15) is 9.59 Å². The molecule has 0 unspecified atom stereocenters. The zero-order chi connectivity index (χ0) is 27.5. The van der Waals surface area contributed by atoms with Crippen molar-refractivity contribution >= 4 is 18.0 Å². The number of hydrogen-bond acceptors (Lipinski definition) is 9. The van der Waals surface area contributed by atoms with Gasteiger partial charge in [0.25, 0.3) is 0 Å². The molecule has 0 saturated heterocycles. The molecule has 2 atom stereocenters. The van der Waals surface area contributed by atoms with Crippen LogP contribution in [0, 0.1) is 5.92 Å². The minimum atomic E-state index is -0.610. The van der Waals surface area contributed by atoms with Crippen molar-refractivity contribution in [3.05, 3.63) is 82.4 Å². The van der Waals surface area contributed by atoms with Gasteiger partial charge in [0.05, 0.1) is 40.6 Å². The average molecular weight is 533 g/mol. The molecule has 3 aromatic carbocycles. The molecule has 39 heavy (non-hydrogen) atoms. The van der Waals surface area contributed by atoms with Gasteiger partial charge in [0.2, 0.25) is 12.5 Å². The Morgan fingerprint density at radius 2 is 1.51 bits per heavy atom. The van der Waals surface area contributed by atoms with Gasteiger partial charge in [-0.2, -0.15) is 0 Å². The van der Waals surface area contributed by atoms with Gasteiger partial charge in [-0.3, -0.25) is 0 Å². The summed E-state index contributed by atoms with van der Waals surface area (Å²) in [6.07, 6.45) is 1.75. The zero-order valence-corrected chi connectivity index (χ0v) is 22.0. The van der Waals surface area contributed by atoms with Crippen molar-refractivity contribution in [2.24, 2.45) is 5.92 Å². The van der Waals surface area contributed by atoms with Crippen LogP contribution in [0.5, 0.6) is 28.7 Å². The van der Waals surface area contributed by atoms with Gasteiger partial charge in [-0.1, -0.05) is 18.2 Å². The fourth-order valence-corrected chi connectivity index (χ4v) is 5.07. The van der Waals surface area contributed by atoms with E-state index in [4.69, 9.17) is 33.2 Å². The van der Waals surface area contributed by atoms with Crippen LogP contribution in [0.2, 0.25) is 0 Å². The number of rotatable bonds is 8. The lowest BCUT2D eigenvalue weighted by Gasteiger charge is -2.34. The Hall–Kier alpha value is -4.66. The monoisotopic (exact) mass is 532 g/mol. The van der Waals surface area contributed by atoms with Crippen LogP contribution in [0.1, 0.15) is 33.0 Å². The summed E-state index contributed by atoms with van der Waals surface area (Å²) in [6.45, 7) is 0.00261. The Kier molecular flexibility index (Phi) is 7.31. The van der Waals surface area contributed by atoms with Gasteiger partial charge in [-0.15, -0.1) is 0 Å². The predicted octanol–water partition coefficient (Wildman–Crippen LogP) is 4.62. The maximum atomic E-state index is 13.1. The number of benzene rings is 3. The van der Waals surface area contributed by atoms with Crippen LogP contribution in [0.25, 0.3) is 6.08 Å². The van der Waals surface area contributed by atoms with Gasteiger partial charge in [0, 0.05) is 17.4 Å². The van der Waals surface area contributed by atoms with Crippen LogP contribution in [-0.2, 0) is 14.3 Å². The summed E-state index contributed by atoms with van der Waals surface area (Å²) in [7, 11) is 5.92. The molecular weight excluding hydrogens is 504 g/mol. The maximum absolute atomic E-state index is 13.1. The summed E-state index contributed by atoms with van der Waals surface area (Å²) in [6, 6.07) is 16.1. The standard InChI is InChI=1S/C30H28O9/c1-33-25-12-19(13-26(34-2)28(25)35-3)27-20-14-24-23(38-16-39-24)11-18(20)10-21(30(32)36-4)22(27)15-37-29(31)17-8-6-5-7-9-17/h5-14,22,27H,15-16H2,1-4H3/t22-,27-/m0/s1. The van der Waals surface area contributed by atoms with E-state index in [2.05, 4.69) is 0 Å². The first-order chi connectivity index (χ1) is 19.0. The third kappa shape index (κ3) is 4.83. The lowest BCUT2D eigenvalue weighted by molar-refractivity contribution is -0.137. The van der Waals surface area contributed by atoms with E-state index < -0.39 is 23.8 Å². The number of methoxy groups -OCH3 is 4. The molecule has 1 aliphatic heterocycles. The van der Waals surface area contributed by atoms with Crippen LogP contribution in [0.15, 0.2) is 60.2 Å². The lowest BCUT2D eigenvalue weighted by atomic mass is 9.71.